The molecule has 3 rings (SSSR count). The van der Waals surface area contributed by atoms with Gasteiger partial charge in [0.05, 0.1) is 0 Å². The molecule has 2 saturated heterocycles. The van der Waals surface area contributed by atoms with Crippen molar-refractivity contribution in [2.45, 2.75) is 32.4 Å². The van der Waals surface area contributed by atoms with E-state index in [2.05, 4.69) is 20.5 Å². The van der Waals surface area contributed by atoms with Gasteiger partial charge in [0.2, 0.25) is 0 Å². The molecule has 1 aromatic rings. The zero-order chi connectivity index (χ0) is 11.0. The molecule has 2 fully saturated rings. The molecular formula is C11H18N4O. The van der Waals surface area contributed by atoms with Crippen molar-refractivity contribution in [2.75, 3.05) is 19.6 Å². The van der Waals surface area contributed by atoms with Gasteiger partial charge in [-0.25, -0.2) is 4.63 Å². The molecule has 5 heteroatoms. The summed E-state index contributed by atoms with van der Waals surface area (Å²) >= 11 is 0. The van der Waals surface area contributed by atoms with Gasteiger partial charge in [-0.3, -0.25) is 4.90 Å². The Bertz CT molecular complexity index is 351. The normalized spacial score (nSPS) is 30.6. The van der Waals surface area contributed by atoms with Crippen molar-refractivity contribution in [3.8, 4) is 0 Å². The van der Waals surface area contributed by atoms with E-state index in [1.165, 1.54) is 25.9 Å². The minimum atomic E-state index is 0.689. The van der Waals surface area contributed by atoms with Crippen molar-refractivity contribution in [2.24, 2.45) is 5.92 Å². The predicted octanol–water partition coefficient (Wildman–Crippen LogP) is 0.562. The monoisotopic (exact) mass is 222 g/mol. The summed E-state index contributed by atoms with van der Waals surface area (Å²) in [6, 6.07) is 0.689. The molecular weight excluding hydrogens is 204 g/mol. The minimum Gasteiger partial charge on any atom is -0.312 e. The van der Waals surface area contributed by atoms with Crippen molar-refractivity contribution in [1.82, 2.24) is 20.5 Å². The Kier molecular flexibility index (Phi) is 2.65. The lowest BCUT2D eigenvalue weighted by molar-refractivity contribution is 0.278. The topological polar surface area (TPSA) is 54.2 Å². The first-order chi connectivity index (χ1) is 7.83. The number of aryl methyl sites for hydroxylation is 1. The van der Waals surface area contributed by atoms with Crippen LogP contribution in [0.15, 0.2) is 4.63 Å². The van der Waals surface area contributed by atoms with Crippen LogP contribution < -0.4 is 5.32 Å². The molecule has 2 aliphatic heterocycles. The minimum absolute atomic E-state index is 0.689. The molecule has 1 aromatic heterocycles. The van der Waals surface area contributed by atoms with Crippen LogP contribution in [0.2, 0.25) is 0 Å². The standard InChI is InChI=1S/C11H18N4O/c1-8-10(14-16-13-8)6-15-5-9-3-2-4-12-11(9)7-15/h9,11-12H,2-7H2,1H3/t9-,11+/m0/s1. The second-order valence-electron chi connectivity index (χ2n) is 4.95. The van der Waals surface area contributed by atoms with Gasteiger partial charge in [-0.2, -0.15) is 0 Å². The number of hydrogen-bond acceptors (Lipinski definition) is 5. The zero-order valence-corrected chi connectivity index (χ0v) is 9.65. The smallest absolute Gasteiger partial charge is 0.122 e. The Morgan fingerprint density at radius 1 is 1.44 bits per heavy atom. The molecule has 0 amide bonds. The van der Waals surface area contributed by atoms with E-state index in [1.807, 2.05) is 6.92 Å². The fourth-order valence-electron chi connectivity index (χ4n) is 2.87. The van der Waals surface area contributed by atoms with Crippen LogP contribution >= 0.6 is 0 Å². The second-order valence-corrected chi connectivity index (χ2v) is 4.95. The fraction of sp³-hybridized carbons (Fsp3) is 0.818. The van der Waals surface area contributed by atoms with Gasteiger partial charge in [-0.1, -0.05) is 10.3 Å². The molecule has 0 bridgehead atoms. The maximum atomic E-state index is 4.73. The maximum absolute atomic E-state index is 4.73. The lowest BCUT2D eigenvalue weighted by atomic mass is 9.94. The summed E-state index contributed by atoms with van der Waals surface area (Å²) in [5.74, 6) is 0.828. The van der Waals surface area contributed by atoms with Crippen LogP contribution in [0.25, 0.3) is 0 Å². The largest absolute Gasteiger partial charge is 0.312 e. The Labute approximate surface area is 95.2 Å². The molecule has 5 nitrogen and oxygen atoms in total. The second kappa shape index (κ2) is 4.14. The molecule has 2 atom stereocenters. The van der Waals surface area contributed by atoms with Gasteiger partial charge in [-0.05, 0) is 32.2 Å². The van der Waals surface area contributed by atoms with Gasteiger partial charge in [0.1, 0.15) is 11.4 Å². The molecule has 0 spiro atoms. The van der Waals surface area contributed by atoms with Crippen molar-refractivity contribution < 1.29 is 4.63 Å². The summed E-state index contributed by atoms with van der Waals surface area (Å²) in [6.07, 6.45) is 2.68. The van der Waals surface area contributed by atoms with Gasteiger partial charge in [0.15, 0.2) is 0 Å². The lowest BCUT2D eigenvalue weighted by Gasteiger charge is -2.24. The maximum Gasteiger partial charge on any atom is 0.122 e. The summed E-state index contributed by atoms with van der Waals surface area (Å²) in [4.78, 5) is 2.46. The average Bonchev–Trinajstić information content (AvgIpc) is 2.85. The molecule has 0 unspecified atom stereocenters. The number of fused-ring (bicyclic) bond motifs is 1. The van der Waals surface area contributed by atoms with E-state index in [-0.39, 0.29) is 0 Å². The number of piperidine rings is 1. The Balaban J connectivity index is 1.63. The number of rotatable bonds is 2. The molecule has 0 radical (unpaired) electrons. The fourth-order valence-corrected chi connectivity index (χ4v) is 2.87. The summed E-state index contributed by atoms with van der Waals surface area (Å²) in [5, 5.41) is 11.4. The number of nitrogens with zero attached hydrogens (tertiary/aromatic N) is 3. The zero-order valence-electron chi connectivity index (χ0n) is 9.65. The summed E-state index contributed by atoms with van der Waals surface area (Å²) in [7, 11) is 0. The van der Waals surface area contributed by atoms with Gasteiger partial charge in [-0.15, -0.1) is 0 Å². The molecule has 0 aromatic carbocycles. The van der Waals surface area contributed by atoms with Gasteiger partial charge >= 0.3 is 0 Å². The van der Waals surface area contributed by atoms with Gasteiger partial charge in [0.25, 0.3) is 0 Å². The van der Waals surface area contributed by atoms with E-state index in [4.69, 9.17) is 4.63 Å². The third-order valence-corrected chi connectivity index (χ3v) is 3.79. The number of hydrogen-bond donors (Lipinski definition) is 1. The molecule has 0 aliphatic carbocycles. The van der Waals surface area contributed by atoms with E-state index < -0.39 is 0 Å². The van der Waals surface area contributed by atoms with Crippen molar-refractivity contribution >= 4 is 0 Å². The van der Waals surface area contributed by atoms with Crippen LogP contribution in [0, 0.1) is 12.8 Å². The molecule has 88 valence electrons. The SMILES string of the molecule is Cc1nonc1CN1C[C@@H]2CCCN[C@@H]2C1. The van der Waals surface area contributed by atoms with Gasteiger partial charge < -0.3 is 5.32 Å². The molecule has 1 N–H and O–H groups in total. The highest BCUT2D eigenvalue weighted by atomic mass is 16.6. The number of likely N-dealkylation sites (tertiary alicyclic amines) is 1. The van der Waals surface area contributed by atoms with Crippen molar-refractivity contribution in [3.05, 3.63) is 11.4 Å². The summed E-state index contributed by atoms with van der Waals surface area (Å²) in [5.41, 5.74) is 1.90. The van der Waals surface area contributed by atoms with E-state index in [1.54, 1.807) is 0 Å². The number of nitrogens with one attached hydrogen (secondary N) is 1. The Hall–Kier alpha value is -0.940. The molecule has 3 heterocycles. The average molecular weight is 222 g/mol. The molecule has 16 heavy (non-hydrogen) atoms. The summed E-state index contributed by atoms with van der Waals surface area (Å²) in [6.45, 7) is 6.33. The Morgan fingerprint density at radius 3 is 3.12 bits per heavy atom. The first-order valence-corrected chi connectivity index (χ1v) is 6.06. The van der Waals surface area contributed by atoms with E-state index in [0.29, 0.717) is 6.04 Å². The molecule has 0 saturated carbocycles. The number of aromatic nitrogens is 2. The highest BCUT2D eigenvalue weighted by Crippen LogP contribution is 2.25. The van der Waals surface area contributed by atoms with Crippen LogP contribution in [0.4, 0.5) is 0 Å². The highest BCUT2D eigenvalue weighted by Gasteiger charge is 2.34. The third kappa shape index (κ3) is 1.85. The van der Waals surface area contributed by atoms with Crippen LogP contribution in [0.3, 0.4) is 0 Å². The lowest BCUT2D eigenvalue weighted by Crippen LogP contribution is -2.40. The van der Waals surface area contributed by atoms with E-state index in [0.717, 1.165) is 30.4 Å². The van der Waals surface area contributed by atoms with Crippen molar-refractivity contribution in [3.63, 3.8) is 0 Å². The quantitative estimate of drug-likeness (QED) is 0.792. The third-order valence-electron chi connectivity index (χ3n) is 3.79. The highest BCUT2D eigenvalue weighted by molar-refractivity contribution is 5.05. The first-order valence-electron chi connectivity index (χ1n) is 6.06. The van der Waals surface area contributed by atoms with Gasteiger partial charge in [0, 0.05) is 25.7 Å². The van der Waals surface area contributed by atoms with Crippen LogP contribution in [0.5, 0.6) is 0 Å². The van der Waals surface area contributed by atoms with E-state index in [9.17, 15) is 0 Å². The van der Waals surface area contributed by atoms with Crippen molar-refractivity contribution in [1.29, 1.82) is 0 Å². The molecule has 2 aliphatic rings. The van der Waals surface area contributed by atoms with Crippen LogP contribution in [0.1, 0.15) is 24.2 Å². The predicted molar refractivity (Wildman–Crippen MR) is 58.8 cm³/mol. The first kappa shape index (κ1) is 10.2. The summed E-state index contributed by atoms with van der Waals surface area (Å²) < 4.78 is 4.73. The Morgan fingerprint density at radius 2 is 2.38 bits per heavy atom. The van der Waals surface area contributed by atoms with Crippen LogP contribution in [-0.4, -0.2) is 40.9 Å². The van der Waals surface area contributed by atoms with E-state index >= 15 is 0 Å². The van der Waals surface area contributed by atoms with Crippen LogP contribution in [-0.2, 0) is 6.54 Å².